The lowest BCUT2D eigenvalue weighted by Gasteiger charge is -2.17. The Morgan fingerprint density at radius 3 is 1.58 bits per heavy atom. The predicted molar refractivity (Wildman–Crippen MR) is 275 cm³/mol. The molecule has 0 radical (unpaired) electrons. The van der Waals surface area contributed by atoms with Gasteiger partial charge in [-0.25, -0.2) is 15.0 Å². The summed E-state index contributed by atoms with van der Waals surface area (Å²) >= 11 is 0. The molecule has 0 aliphatic rings. The molecule has 0 unspecified atom stereocenters. The first-order valence-corrected chi connectivity index (χ1v) is 22.4. The van der Waals surface area contributed by atoms with Gasteiger partial charge >= 0.3 is 0 Å². The van der Waals surface area contributed by atoms with Gasteiger partial charge in [-0.3, -0.25) is 0 Å². The molecule has 14 rings (SSSR count). The van der Waals surface area contributed by atoms with Gasteiger partial charge in [0.2, 0.25) is 0 Å². The van der Waals surface area contributed by atoms with Crippen LogP contribution in [0.15, 0.2) is 224 Å². The van der Waals surface area contributed by atoms with Crippen LogP contribution in [0.5, 0.6) is 0 Å². The summed E-state index contributed by atoms with van der Waals surface area (Å²) in [7, 11) is 0. The van der Waals surface area contributed by atoms with Gasteiger partial charge in [0, 0.05) is 49.0 Å². The van der Waals surface area contributed by atoms with Crippen LogP contribution >= 0.6 is 0 Å². The Morgan fingerprint density at radius 1 is 0.273 bits per heavy atom. The molecule has 5 nitrogen and oxygen atoms in total. The molecular weight excluding hydrogens is 803 g/mol. The topological polar surface area (TPSA) is 48.5 Å². The molecule has 11 aromatic carbocycles. The van der Waals surface area contributed by atoms with Crippen molar-refractivity contribution in [2.45, 2.75) is 0 Å². The first-order chi connectivity index (χ1) is 32.7. The number of nitrogens with zero attached hydrogens (tertiary/aromatic N) is 5. The van der Waals surface area contributed by atoms with Crippen molar-refractivity contribution in [1.29, 1.82) is 0 Å². The van der Waals surface area contributed by atoms with Gasteiger partial charge in [0.25, 0.3) is 0 Å². The SMILES string of the molecule is c1ccc(-c2nc(-c3cccc4ccccc34)nc(-c3cccc4c(-n5c6ccccc6c6c(-n7c8ccccc8c8cc9ccccc9cc87)c7ccccc7cc65)cccc34)n2)cc1. The third-order valence-corrected chi connectivity index (χ3v) is 13.5. The van der Waals surface area contributed by atoms with Crippen molar-refractivity contribution in [2.75, 3.05) is 0 Å². The van der Waals surface area contributed by atoms with Crippen LogP contribution in [0.25, 0.3) is 132 Å². The normalized spacial score (nSPS) is 11.9. The van der Waals surface area contributed by atoms with E-state index < -0.39 is 0 Å². The highest BCUT2D eigenvalue weighted by Crippen LogP contribution is 2.45. The van der Waals surface area contributed by atoms with Crippen LogP contribution in [0.1, 0.15) is 0 Å². The summed E-state index contributed by atoms with van der Waals surface area (Å²) in [6.07, 6.45) is 0. The molecule has 5 heteroatoms. The van der Waals surface area contributed by atoms with E-state index in [0.29, 0.717) is 17.5 Å². The zero-order valence-corrected chi connectivity index (χ0v) is 35.6. The van der Waals surface area contributed by atoms with E-state index in [0.717, 1.165) is 55.0 Å². The Hall–Kier alpha value is -8.93. The average molecular weight is 840 g/mol. The summed E-state index contributed by atoms with van der Waals surface area (Å²) in [5.41, 5.74) is 9.77. The number of para-hydroxylation sites is 2. The molecule has 3 heterocycles. The van der Waals surface area contributed by atoms with Gasteiger partial charge in [0.15, 0.2) is 17.5 Å². The molecule has 0 amide bonds. The summed E-state index contributed by atoms with van der Waals surface area (Å²) in [5, 5.41) is 14.1. The molecule has 306 valence electrons. The lowest BCUT2D eigenvalue weighted by Crippen LogP contribution is -2.01. The summed E-state index contributed by atoms with van der Waals surface area (Å²) < 4.78 is 5.00. The molecule has 0 fully saturated rings. The Balaban J connectivity index is 1.06. The van der Waals surface area contributed by atoms with E-state index in [2.05, 4.69) is 215 Å². The van der Waals surface area contributed by atoms with Crippen molar-refractivity contribution in [3.8, 4) is 45.5 Å². The summed E-state index contributed by atoms with van der Waals surface area (Å²) in [6, 6.07) is 80.5. The minimum Gasteiger partial charge on any atom is -0.309 e. The zero-order valence-electron chi connectivity index (χ0n) is 35.6. The molecule has 14 aromatic rings. The predicted octanol–water partition coefficient (Wildman–Crippen LogP) is 15.7. The fraction of sp³-hybridized carbons (Fsp3) is 0. The van der Waals surface area contributed by atoms with E-state index in [1.807, 2.05) is 18.2 Å². The molecule has 0 atom stereocenters. The fourth-order valence-electron chi connectivity index (χ4n) is 10.6. The van der Waals surface area contributed by atoms with Crippen LogP contribution in [0.3, 0.4) is 0 Å². The van der Waals surface area contributed by atoms with Gasteiger partial charge in [0.1, 0.15) is 0 Å². The van der Waals surface area contributed by atoms with E-state index in [-0.39, 0.29) is 0 Å². The quantitative estimate of drug-likeness (QED) is 0.173. The number of fused-ring (bicyclic) bond motifs is 10. The number of rotatable bonds is 5. The van der Waals surface area contributed by atoms with Crippen molar-refractivity contribution in [3.05, 3.63) is 224 Å². The monoisotopic (exact) mass is 839 g/mol. The van der Waals surface area contributed by atoms with E-state index in [1.165, 1.54) is 59.8 Å². The molecule has 3 aromatic heterocycles. The largest absolute Gasteiger partial charge is 0.309 e. The van der Waals surface area contributed by atoms with Gasteiger partial charge in [0.05, 0.1) is 33.4 Å². The molecule has 0 aliphatic heterocycles. The minimum atomic E-state index is 0.629. The number of benzene rings is 11. The smallest absolute Gasteiger partial charge is 0.164 e. The van der Waals surface area contributed by atoms with Crippen LogP contribution in [-0.2, 0) is 0 Å². The standard InChI is InChI=1S/C61H37N5/c1-2-18-39(19-3-1)59-62-60(48-30-14-23-38-17-6-8-24-43(38)48)64-61(63-59)49-31-15-29-46-45(49)28-16-34-52(46)65-54-33-13-11-27-50(54)57-56(65)37-42-22-7-9-25-44(42)58(57)66-53-32-12-10-26-47(53)51-35-40-20-4-5-21-41(40)36-55(51)66/h1-37H. The third kappa shape index (κ3) is 5.44. The second-order valence-corrected chi connectivity index (χ2v) is 17.1. The minimum absolute atomic E-state index is 0.629. The van der Waals surface area contributed by atoms with Crippen LogP contribution in [-0.4, -0.2) is 24.1 Å². The molecule has 0 spiro atoms. The highest BCUT2D eigenvalue weighted by Gasteiger charge is 2.24. The second kappa shape index (κ2) is 14.3. The Labute approximate surface area is 379 Å². The van der Waals surface area contributed by atoms with Gasteiger partial charge in [-0.1, -0.05) is 188 Å². The fourth-order valence-corrected chi connectivity index (χ4v) is 10.6. The lowest BCUT2D eigenvalue weighted by atomic mass is 10.0. The average Bonchev–Trinajstić information content (AvgIpc) is 3.88. The van der Waals surface area contributed by atoms with E-state index in [9.17, 15) is 0 Å². The van der Waals surface area contributed by atoms with E-state index >= 15 is 0 Å². The molecular formula is C61H37N5. The van der Waals surface area contributed by atoms with Gasteiger partial charge in [-0.15, -0.1) is 0 Å². The van der Waals surface area contributed by atoms with Gasteiger partial charge in [-0.2, -0.15) is 0 Å². The van der Waals surface area contributed by atoms with Crippen molar-refractivity contribution >= 4 is 86.7 Å². The molecule has 0 aliphatic carbocycles. The van der Waals surface area contributed by atoms with Crippen molar-refractivity contribution < 1.29 is 0 Å². The molecule has 0 bridgehead atoms. The lowest BCUT2D eigenvalue weighted by molar-refractivity contribution is 1.08. The van der Waals surface area contributed by atoms with Crippen LogP contribution in [0.2, 0.25) is 0 Å². The molecule has 0 N–H and O–H groups in total. The molecule has 0 saturated heterocycles. The third-order valence-electron chi connectivity index (χ3n) is 13.5. The van der Waals surface area contributed by atoms with Gasteiger partial charge < -0.3 is 9.13 Å². The van der Waals surface area contributed by atoms with Crippen molar-refractivity contribution in [1.82, 2.24) is 24.1 Å². The van der Waals surface area contributed by atoms with E-state index in [1.54, 1.807) is 0 Å². The summed E-state index contributed by atoms with van der Waals surface area (Å²) in [5.74, 6) is 1.91. The zero-order chi connectivity index (χ0) is 43.3. The molecule has 66 heavy (non-hydrogen) atoms. The van der Waals surface area contributed by atoms with E-state index in [4.69, 9.17) is 15.0 Å². The molecule has 0 saturated carbocycles. The van der Waals surface area contributed by atoms with Crippen LogP contribution in [0.4, 0.5) is 0 Å². The number of aromatic nitrogens is 5. The maximum absolute atomic E-state index is 5.30. The van der Waals surface area contributed by atoms with Gasteiger partial charge in [-0.05, 0) is 68.7 Å². The van der Waals surface area contributed by atoms with Crippen LogP contribution in [0, 0.1) is 0 Å². The number of hydrogen-bond acceptors (Lipinski definition) is 3. The Bertz CT molecular complexity index is 4290. The first kappa shape index (κ1) is 36.5. The Morgan fingerprint density at radius 2 is 0.788 bits per heavy atom. The highest BCUT2D eigenvalue weighted by atomic mass is 15.0. The Kier molecular flexibility index (Phi) is 7.91. The number of hydrogen-bond donors (Lipinski definition) is 0. The highest BCUT2D eigenvalue weighted by molar-refractivity contribution is 6.23. The second-order valence-electron chi connectivity index (χ2n) is 17.1. The summed E-state index contributed by atoms with van der Waals surface area (Å²) in [6.45, 7) is 0. The van der Waals surface area contributed by atoms with Crippen molar-refractivity contribution in [3.63, 3.8) is 0 Å². The van der Waals surface area contributed by atoms with Crippen molar-refractivity contribution in [2.24, 2.45) is 0 Å². The first-order valence-electron chi connectivity index (χ1n) is 22.4. The maximum Gasteiger partial charge on any atom is 0.164 e. The van der Waals surface area contributed by atoms with Crippen LogP contribution < -0.4 is 0 Å². The maximum atomic E-state index is 5.30. The summed E-state index contributed by atoms with van der Waals surface area (Å²) in [4.78, 5) is 15.7.